The van der Waals surface area contributed by atoms with Crippen molar-refractivity contribution >= 4 is 22.3 Å². The van der Waals surface area contributed by atoms with E-state index in [4.69, 9.17) is 0 Å². The van der Waals surface area contributed by atoms with Crippen molar-refractivity contribution in [2.24, 2.45) is 0 Å². The summed E-state index contributed by atoms with van der Waals surface area (Å²) >= 11 is 0. The maximum Gasteiger partial charge on any atom is 0.325 e. The number of nitrogens with zero attached hydrogens (tertiary/aromatic N) is 6. The van der Waals surface area contributed by atoms with Crippen LogP contribution in [0.1, 0.15) is 0 Å². The highest BCUT2D eigenvalue weighted by Gasteiger charge is 2.16. The second kappa shape index (κ2) is 11.6. The summed E-state index contributed by atoms with van der Waals surface area (Å²) in [4.78, 5) is 58.6. The summed E-state index contributed by atoms with van der Waals surface area (Å²) in [5.41, 5.74) is 7.41. The number of hydrogen-bond acceptors (Lipinski definition) is 8. The lowest BCUT2D eigenvalue weighted by Crippen LogP contribution is -1.99. The number of nitrogens with one attached hydrogen (secondary N) is 4. The predicted octanol–water partition coefficient (Wildman–Crippen LogP) is 4.89. The standard InChI is InChI=1S/C16H10FN5O.C16H11N5O/c17-12-8-19-6-3-10(12)14-11(9-1-4-18-5-2-9)7-13-15(21-14)22-16(23)20-13;22-16-19-13-9-12(10-1-5-17-6-2-10)14(20-15(13)21-16)11-3-7-18-8-4-11/h1-8H,(H2,20,21,22,23);1-9H,(H2,19,20,21,22). The van der Waals surface area contributed by atoms with Gasteiger partial charge in [0.25, 0.3) is 0 Å². The highest BCUT2D eigenvalue weighted by Crippen LogP contribution is 2.33. The molecule has 0 saturated carbocycles. The van der Waals surface area contributed by atoms with Crippen molar-refractivity contribution in [2.45, 2.75) is 0 Å². The Labute approximate surface area is 252 Å². The van der Waals surface area contributed by atoms with Gasteiger partial charge in [-0.25, -0.2) is 23.9 Å². The Hall–Kier alpha value is -6.63. The van der Waals surface area contributed by atoms with E-state index in [0.29, 0.717) is 39.1 Å². The molecule has 0 fully saturated rings. The number of aromatic nitrogens is 10. The molecule has 0 saturated heterocycles. The van der Waals surface area contributed by atoms with E-state index >= 15 is 0 Å². The lowest BCUT2D eigenvalue weighted by molar-refractivity contribution is 0.624. The number of imidazole rings is 2. The lowest BCUT2D eigenvalue weighted by atomic mass is 10.0. The van der Waals surface area contributed by atoms with E-state index in [1.54, 1.807) is 61.4 Å². The van der Waals surface area contributed by atoms with E-state index in [2.05, 4.69) is 49.8 Å². The van der Waals surface area contributed by atoms with E-state index in [9.17, 15) is 14.0 Å². The number of fused-ring (bicyclic) bond motifs is 2. The van der Waals surface area contributed by atoms with Gasteiger partial charge in [-0.3, -0.25) is 29.9 Å². The number of aromatic amines is 4. The molecular weight excluding hydrogens is 575 g/mol. The van der Waals surface area contributed by atoms with Crippen LogP contribution in [-0.2, 0) is 0 Å². The van der Waals surface area contributed by atoms with Gasteiger partial charge >= 0.3 is 11.4 Å². The fraction of sp³-hybridized carbons (Fsp3) is 0. The van der Waals surface area contributed by atoms with Gasteiger partial charge in [-0.05, 0) is 65.7 Å². The zero-order chi connectivity index (χ0) is 30.8. The van der Waals surface area contributed by atoms with Crippen molar-refractivity contribution in [3.8, 4) is 44.8 Å². The van der Waals surface area contributed by atoms with Crippen LogP contribution in [0.15, 0.2) is 114 Å². The molecule has 12 nitrogen and oxygen atoms in total. The average molecular weight is 597 g/mol. The molecule has 8 aromatic rings. The first-order chi connectivity index (χ1) is 22.0. The van der Waals surface area contributed by atoms with Gasteiger partial charge in [0.2, 0.25) is 0 Å². The normalized spacial score (nSPS) is 11.0. The Balaban J connectivity index is 0.000000145. The summed E-state index contributed by atoms with van der Waals surface area (Å²) in [6.45, 7) is 0. The molecule has 45 heavy (non-hydrogen) atoms. The minimum atomic E-state index is -0.479. The van der Waals surface area contributed by atoms with Crippen LogP contribution in [0.4, 0.5) is 4.39 Å². The largest absolute Gasteiger partial charge is 0.325 e. The summed E-state index contributed by atoms with van der Waals surface area (Å²) in [7, 11) is 0. The molecule has 8 heterocycles. The third kappa shape index (κ3) is 5.48. The third-order valence-electron chi connectivity index (χ3n) is 6.97. The molecule has 0 atom stereocenters. The van der Waals surface area contributed by atoms with Crippen molar-refractivity contribution in [3.63, 3.8) is 0 Å². The maximum absolute atomic E-state index is 14.2. The number of hydrogen-bond donors (Lipinski definition) is 4. The van der Waals surface area contributed by atoms with Crippen molar-refractivity contribution in [3.05, 3.63) is 131 Å². The topological polar surface area (TPSA) is 175 Å². The number of halogens is 1. The van der Waals surface area contributed by atoms with Crippen LogP contribution < -0.4 is 11.4 Å². The van der Waals surface area contributed by atoms with Crippen LogP contribution >= 0.6 is 0 Å². The second-order valence-electron chi connectivity index (χ2n) is 9.78. The third-order valence-corrected chi connectivity index (χ3v) is 6.97. The van der Waals surface area contributed by atoms with Gasteiger partial charge in [0.1, 0.15) is 0 Å². The SMILES string of the molecule is O=c1[nH]c2cc(-c3ccncc3)c(-c3ccncc3)nc2[nH]1.O=c1[nH]c2cc(-c3ccncc3)c(-c3ccncc3F)nc2[nH]1. The summed E-state index contributed by atoms with van der Waals surface area (Å²) in [6.07, 6.45) is 12.8. The van der Waals surface area contributed by atoms with E-state index in [-0.39, 0.29) is 11.4 Å². The highest BCUT2D eigenvalue weighted by atomic mass is 19.1. The van der Waals surface area contributed by atoms with Crippen molar-refractivity contribution in [2.75, 3.05) is 0 Å². The van der Waals surface area contributed by atoms with Gasteiger partial charge in [0.15, 0.2) is 17.1 Å². The van der Waals surface area contributed by atoms with Gasteiger partial charge in [-0.15, -0.1) is 0 Å². The van der Waals surface area contributed by atoms with Gasteiger partial charge in [0, 0.05) is 65.6 Å². The van der Waals surface area contributed by atoms with Crippen molar-refractivity contribution in [1.82, 2.24) is 49.8 Å². The van der Waals surface area contributed by atoms with Crippen molar-refractivity contribution in [1.29, 1.82) is 0 Å². The molecule has 0 amide bonds. The summed E-state index contributed by atoms with van der Waals surface area (Å²) in [6, 6.07) is 16.5. The minimum absolute atomic E-state index is 0.268. The van der Waals surface area contributed by atoms with E-state index in [1.165, 1.54) is 6.20 Å². The Morgan fingerprint density at radius 3 is 1.44 bits per heavy atom. The Morgan fingerprint density at radius 1 is 0.489 bits per heavy atom. The van der Waals surface area contributed by atoms with Crippen LogP contribution in [0.25, 0.3) is 67.1 Å². The first kappa shape index (κ1) is 27.2. The van der Waals surface area contributed by atoms with Crippen LogP contribution in [0, 0.1) is 5.82 Å². The summed E-state index contributed by atoms with van der Waals surface area (Å²) < 4.78 is 14.2. The molecule has 0 bridgehead atoms. The molecule has 0 radical (unpaired) electrons. The van der Waals surface area contributed by atoms with E-state index in [0.717, 1.165) is 34.1 Å². The zero-order valence-corrected chi connectivity index (χ0v) is 23.2. The van der Waals surface area contributed by atoms with E-state index < -0.39 is 5.82 Å². The molecular formula is C32H21FN10O2. The van der Waals surface area contributed by atoms with Gasteiger partial charge in [0.05, 0.1) is 28.6 Å². The highest BCUT2D eigenvalue weighted by molar-refractivity contribution is 5.89. The molecule has 13 heteroatoms. The quantitative estimate of drug-likeness (QED) is 0.222. The minimum Gasteiger partial charge on any atom is -0.304 e. The Morgan fingerprint density at radius 2 is 0.933 bits per heavy atom. The van der Waals surface area contributed by atoms with Crippen LogP contribution in [0.2, 0.25) is 0 Å². The average Bonchev–Trinajstić information content (AvgIpc) is 3.64. The fourth-order valence-corrected chi connectivity index (χ4v) is 4.94. The van der Waals surface area contributed by atoms with Crippen molar-refractivity contribution < 1.29 is 4.39 Å². The molecule has 218 valence electrons. The molecule has 0 spiro atoms. The van der Waals surface area contributed by atoms with Gasteiger partial charge < -0.3 is 9.97 Å². The predicted molar refractivity (Wildman–Crippen MR) is 166 cm³/mol. The first-order valence-electron chi connectivity index (χ1n) is 13.6. The molecule has 0 unspecified atom stereocenters. The summed E-state index contributed by atoms with van der Waals surface area (Å²) in [5, 5.41) is 0. The van der Waals surface area contributed by atoms with E-state index in [1.807, 2.05) is 30.3 Å². The molecule has 8 aromatic heterocycles. The molecule has 0 aliphatic carbocycles. The monoisotopic (exact) mass is 596 g/mol. The molecule has 0 aromatic carbocycles. The van der Waals surface area contributed by atoms with Crippen LogP contribution in [0.5, 0.6) is 0 Å². The maximum atomic E-state index is 14.2. The number of pyridine rings is 6. The first-order valence-corrected chi connectivity index (χ1v) is 13.6. The number of rotatable bonds is 4. The van der Waals surface area contributed by atoms with Crippen LogP contribution in [-0.4, -0.2) is 49.8 Å². The second-order valence-corrected chi connectivity index (χ2v) is 9.78. The Bertz CT molecular complexity index is 2310. The van der Waals surface area contributed by atoms with Crippen LogP contribution in [0.3, 0.4) is 0 Å². The Kier molecular flexibility index (Phi) is 7.00. The zero-order valence-electron chi connectivity index (χ0n) is 23.2. The fourth-order valence-electron chi connectivity index (χ4n) is 4.94. The molecule has 0 aliphatic heterocycles. The molecule has 8 rings (SSSR count). The molecule has 4 N–H and O–H groups in total. The summed E-state index contributed by atoms with van der Waals surface area (Å²) in [5.74, 6) is -0.479. The number of H-pyrrole nitrogens is 4. The smallest absolute Gasteiger partial charge is 0.304 e. The molecule has 0 aliphatic rings. The van der Waals surface area contributed by atoms with Gasteiger partial charge in [-0.1, -0.05) is 0 Å². The lowest BCUT2D eigenvalue weighted by Gasteiger charge is -2.10. The van der Waals surface area contributed by atoms with Gasteiger partial charge in [-0.2, -0.15) is 0 Å².